The average Bonchev–Trinajstić information content (AvgIpc) is 3.45. The standard InChI is InChI=1S/C18H23N3O3/c19-11-14-1-5-17(6-2-14)24-13-16(22)12-20-7-9-21(10-8-20)18(23)15-3-4-15/h1-2,5-6,15-16,22H,3-4,7-10,12-13H2/t16-/m0/s1. The molecule has 1 aliphatic carbocycles. The van der Waals surface area contributed by atoms with E-state index in [-0.39, 0.29) is 12.5 Å². The van der Waals surface area contributed by atoms with Crippen LogP contribution in [0.2, 0.25) is 0 Å². The van der Waals surface area contributed by atoms with E-state index in [0.717, 1.165) is 39.0 Å². The molecule has 1 N–H and O–H groups in total. The Labute approximate surface area is 142 Å². The molecule has 0 spiro atoms. The topological polar surface area (TPSA) is 76.8 Å². The molecule has 24 heavy (non-hydrogen) atoms. The molecule has 1 atom stereocenters. The Morgan fingerprint density at radius 2 is 1.92 bits per heavy atom. The number of β-amino-alcohol motifs (C(OH)–C–C–N with tert-alkyl or cyclic N) is 1. The third kappa shape index (κ3) is 4.47. The fourth-order valence-electron chi connectivity index (χ4n) is 2.91. The van der Waals surface area contributed by atoms with Crippen LogP contribution >= 0.6 is 0 Å². The summed E-state index contributed by atoms with van der Waals surface area (Å²) >= 11 is 0. The molecule has 2 aliphatic rings. The summed E-state index contributed by atoms with van der Waals surface area (Å²) in [6.07, 6.45) is 1.51. The molecule has 0 aromatic heterocycles. The summed E-state index contributed by atoms with van der Waals surface area (Å²) in [5.41, 5.74) is 0.585. The molecular weight excluding hydrogens is 306 g/mol. The molecule has 3 rings (SSSR count). The van der Waals surface area contributed by atoms with Crippen LogP contribution in [0.15, 0.2) is 24.3 Å². The lowest BCUT2D eigenvalue weighted by Gasteiger charge is -2.35. The highest BCUT2D eigenvalue weighted by molar-refractivity contribution is 5.81. The van der Waals surface area contributed by atoms with E-state index >= 15 is 0 Å². The molecule has 1 aromatic carbocycles. The minimum atomic E-state index is -0.577. The van der Waals surface area contributed by atoms with Crippen LogP contribution < -0.4 is 4.74 Å². The molecule has 0 radical (unpaired) electrons. The maximum absolute atomic E-state index is 12.0. The normalized spacial score (nSPS) is 19.6. The molecule has 0 unspecified atom stereocenters. The predicted molar refractivity (Wildman–Crippen MR) is 88.4 cm³/mol. The van der Waals surface area contributed by atoms with Crippen molar-refractivity contribution in [2.24, 2.45) is 5.92 Å². The third-order valence-electron chi connectivity index (χ3n) is 4.51. The first-order valence-electron chi connectivity index (χ1n) is 8.48. The Morgan fingerprint density at radius 3 is 2.50 bits per heavy atom. The molecule has 128 valence electrons. The van der Waals surface area contributed by atoms with Crippen molar-refractivity contribution < 1.29 is 14.6 Å². The van der Waals surface area contributed by atoms with Gasteiger partial charge in [0.25, 0.3) is 0 Å². The van der Waals surface area contributed by atoms with Crippen molar-refractivity contribution in [1.29, 1.82) is 5.26 Å². The van der Waals surface area contributed by atoms with Crippen LogP contribution in [0, 0.1) is 17.2 Å². The van der Waals surface area contributed by atoms with Gasteiger partial charge in [0.15, 0.2) is 0 Å². The first-order chi connectivity index (χ1) is 11.7. The predicted octanol–water partition coefficient (Wildman–Crippen LogP) is 0.852. The van der Waals surface area contributed by atoms with Gasteiger partial charge < -0.3 is 14.7 Å². The number of rotatable bonds is 6. The first kappa shape index (κ1) is 16.7. The van der Waals surface area contributed by atoms with Crippen molar-refractivity contribution in [2.75, 3.05) is 39.3 Å². The summed E-state index contributed by atoms with van der Waals surface area (Å²) in [4.78, 5) is 16.1. The van der Waals surface area contributed by atoms with Crippen LogP contribution in [-0.2, 0) is 4.79 Å². The van der Waals surface area contributed by atoms with E-state index in [1.165, 1.54) is 0 Å². The second-order valence-corrected chi connectivity index (χ2v) is 6.50. The number of ether oxygens (including phenoxy) is 1. The van der Waals surface area contributed by atoms with E-state index in [2.05, 4.69) is 11.0 Å². The van der Waals surface area contributed by atoms with E-state index < -0.39 is 6.10 Å². The van der Waals surface area contributed by atoms with E-state index in [4.69, 9.17) is 10.00 Å². The number of carbonyl (C=O) groups is 1. The van der Waals surface area contributed by atoms with Crippen LogP contribution in [-0.4, -0.2) is 66.2 Å². The number of hydrogen-bond donors (Lipinski definition) is 1. The minimum Gasteiger partial charge on any atom is -0.491 e. The fourth-order valence-corrected chi connectivity index (χ4v) is 2.91. The van der Waals surface area contributed by atoms with Crippen LogP contribution in [0.1, 0.15) is 18.4 Å². The number of piperazine rings is 1. The first-order valence-corrected chi connectivity index (χ1v) is 8.48. The zero-order valence-corrected chi connectivity index (χ0v) is 13.7. The van der Waals surface area contributed by atoms with Gasteiger partial charge in [-0.05, 0) is 37.1 Å². The van der Waals surface area contributed by atoms with Crippen molar-refractivity contribution in [1.82, 2.24) is 9.80 Å². The number of carbonyl (C=O) groups excluding carboxylic acids is 1. The molecule has 1 saturated carbocycles. The average molecular weight is 329 g/mol. The number of amides is 1. The lowest BCUT2D eigenvalue weighted by molar-refractivity contribution is -0.134. The number of aliphatic hydroxyl groups is 1. The summed E-state index contributed by atoms with van der Waals surface area (Å²) in [7, 11) is 0. The SMILES string of the molecule is N#Cc1ccc(OC[C@@H](O)CN2CCN(C(=O)C3CC3)CC2)cc1. The Morgan fingerprint density at radius 1 is 1.25 bits per heavy atom. The summed E-state index contributed by atoms with van der Waals surface area (Å²) in [5, 5.41) is 18.9. The van der Waals surface area contributed by atoms with Crippen molar-refractivity contribution >= 4 is 5.91 Å². The number of nitrogens with zero attached hydrogens (tertiary/aromatic N) is 3. The molecule has 1 saturated heterocycles. The number of nitriles is 1. The largest absolute Gasteiger partial charge is 0.491 e. The van der Waals surface area contributed by atoms with Crippen molar-refractivity contribution in [3.63, 3.8) is 0 Å². The lowest BCUT2D eigenvalue weighted by Crippen LogP contribution is -2.51. The summed E-state index contributed by atoms with van der Waals surface area (Å²) in [6.45, 7) is 3.85. The second kappa shape index (κ2) is 7.65. The lowest BCUT2D eigenvalue weighted by atomic mass is 10.2. The highest BCUT2D eigenvalue weighted by atomic mass is 16.5. The van der Waals surface area contributed by atoms with Gasteiger partial charge in [-0.2, -0.15) is 5.26 Å². The zero-order chi connectivity index (χ0) is 16.9. The van der Waals surface area contributed by atoms with Crippen LogP contribution in [0.3, 0.4) is 0 Å². The highest BCUT2D eigenvalue weighted by Crippen LogP contribution is 2.31. The summed E-state index contributed by atoms with van der Waals surface area (Å²) < 4.78 is 5.56. The number of hydrogen-bond acceptors (Lipinski definition) is 5. The van der Waals surface area contributed by atoms with E-state index in [1.54, 1.807) is 24.3 Å². The molecular formula is C18H23N3O3. The smallest absolute Gasteiger partial charge is 0.225 e. The van der Waals surface area contributed by atoms with Crippen LogP contribution in [0.4, 0.5) is 0 Å². The van der Waals surface area contributed by atoms with Crippen LogP contribution in [0.5, 0.6) is 5.75 Å². The van der Waals surface area contributed by atoms with Gasteiger partial charge in [0.05, 0.1) is 11.6 Å². The number of benzene rings is 1. The van der Waals surface area contributed by atoms with Gasteiger partial charge in [0.1, 0.15) is 18.5 Å². The molecule has 0 bridgehead atoms. The fraction of sp³-hybridized carbons (Fsp3) is 0.556. The Hall–Kier alpha value is -2.10. The highest BCUT2D eigenvalue weighted by Gasteiger charge is 2.34. The maximum atomic E-state index is 12.0. The van der Waals surface area contributed by atoms with Crippen molar-refractivity contribution in [3.05, 3.63) is 29.8 Å². The second-order valence-electron chi connectivity index (χ2n) is 6.50. The molecule has 1 aromatic rings. The summed E-state index contributed by atoms with van der Waals surface area (Å²) in [5.74, 6) is 1.23. The minimum absolute atomic E-state index is 0.215. The van der Waals surface area contributed by atoms with Crippen LogP contribution in [0.25, 0.3) is 0 Å². The Balaban J connectivity index is 1.37. The van der Waals surface area contributed by atoms with E-state index in [0.29, 0.717) is 23.8 Å². The molecule has 1 heterocycles. The molecule has 6 heteroatoms. The van der Waals surface area contributed by atoms with Crippen molar-refractivity contribution in [3.8, 4) is 11.8 Å². The van der Waals surface area contributed by atoms with E-state index in [1.807, 2.05) is 4.90 Å². The molecule has 1 amide bonds. The third-order valence-corrected chi connectivity index (χ3v) is 4.51. The maximum Gasteiger partial charge on any atom is 0.225 e. The van der Waals surface area contributed by atoms with Gasteiger partial charge in [-0.25, -0.2) is 0 Å². The Kier molecular flexibility index (Phi) is 5.34. The van der Waals surface area contributed by atoms with E-state index in [9.17, 15) is 9.90 Å². The molecule has 6 nitrogen and oxygen atoms in total. The van der Waals surface area contributed by atoms with Gasteiger partial charge >= 0.3 is 0 Å². The monoisotopic (exact) mass is 329 g/mol. The molecule has 2 fully saturated rings. The van der Waals surface area contributed by atoms with Gasteiger partial charge in [0.2, 0.25) is 5.91 Å². The van der Waals surface area contributed by atoms with Gasteiger partial charge in [0, 0.05) is 38.6 Å². The zero-order valence-electron chi connectivity index (χ0n) is 13.7. The van der Waals surface area contributed by atoms with Gasteiger partial charge in [-0.1, -0.05) is 0 Å². The quantitative estimate of drug-likeness (QED) is 0.837. The van der Waals surface area contributed by atoms with Crippen molar-refractivity contribution in [2.45, 2.75) is 18.9 Å². The summed E-state index contributed by atoms with van der Waals surface area (Å²) in [6, 6.07) is 8.90. The number of aliphatic hydroxyl groups excluding tert-OH is 1. The van der Waals surface area contributed by atoms with Gasteiger partial charge in [-0.3, -0.25) is 9.69 Å². The van der Waals surface area contributed by atoms with Gasteiger partial charge in [-0.15, -0.1) is 0 Å². The molecule has 1 aliphatic heterocycles. The Bertz CT molecular complexity index is 599.